The number of thiocarbonyl (C=S) groups is 1. The molecule has 0 amide bonds. The van der Waals surface area contributed by atoms with E-state index < -0.39 is 0 Å². The van der Waals surface area contributed by atoms with E-state index in [1.807, 2.05) is 18.2 Å². The lowest BCUT2D eigenvalue weighted by Crippen LogP contribution is -2.27. The zero-order valence-corrected chi connectivity index (χ0v) is 14.7. The van der Waals surface area contributed by atoms with Crippen LogP contribution in [0, 0.1) is 0 Å². The highest BCUT2D eigenvalue weighted by atomic mass is 79.9. The van der Waals surface area contributed by atoms with Gasteiger partial charge in [0.25, 0.3) is 0 Å². The normalized spacial score (nSPS) is 11.3. The van der Waals surface area contributed by atoms with Crippen LogP contribution in [0.1, 0.15) is 24.3 Å². The third-order valence-corrected chi connectivity index (χ3v) is 5.27. The topological polar surface area (TPSA) is 38.0 Å². The van der Waals surface area contributed by atoms with Crippen LogP contribution in [-0.2, 0) is 5.41 Å². The first kappa shape index (κ1) is 15.5. The highest BCUT2D eigenvalue weighted by Crippen LogP contribution is 2.30. The van der Waals surface area contributed by atoms with Crippen molar-refractivity contribution in [1.29, 1.82) is 0 Å². The van der Waals surface area contributed by atoms with Crippen LogP contribution in [0.2, 0.25) is 0 Å². The number of thiophene rings is 1. The lowest BCUT2D eigenvalue weighted by Gasteiger charge is -2.25. The Labute approximate surface area is 137 Å². The molecule has 0 aliphatic carbocycles. The Morgan fingerprint density at radius 1 is 1.35 bits per heavy atom. The van der Waals surface area contributed by atoms with E-state index in [9.17, 15) is 0 Å². The number of rotatable bonds is 5. The molecule has 0 unspecified atom stereocenters. The van der Waals surface area contributed by atoms with Crippen LogP contribution in [0.5, 0.6) is 0 Å². The van der Waals surface area contributed by atoms with Crippen LogP contribution in [0.25, 0.3) is 0 Å². The molecule has 0 aliphatic rings. The second kappa shape index (κ2) is 6.24. The monoisotopic (exact) mass is 368 g/mol. The molecule has 0 aliphatic heterocycles. The Morgan fingerprint density at radius 3 is 2.70 bits per heavy atom. The summed E-state index contributed by atoms with van der Waals surface area (Å²) in [4.78, 5) is 1.76. The third-order valence-electron chi connectivity index (χ3n) is 3.17. The van der Waals surface area contributed by atoms with Crippen LogP contribution >= 0.6 is 39.5 Å². The van der Waals surface area contributed by atoms with Gasteiger partial charge in [0.05, 0.1) is 0 Å². The summed E-state index contributed by atoms with van der Waals surface area (Å²) in [6.07, 6.45) is 0. The zero-order chi connectivity index (χ0) is 14.8. The van der Waals surface area contributed by atoms with Crippen molar-refractivity contribution in [2.45, 2.75) is 19.3 Å². The van der Waals surface area contributed by atoms with Crippen molar-refractivity contribution in [3.8, 4) is 0 Å². The molecule has 2 aromatic rings. The van der Waals surface area contributed by atoms with Crippen LogP contribution in [0.3, 0.4) is 0 Å². The van der Waals surface area contributed by atoms with Crippen LogP contribution in [0.4, 0.5) is 5.69 Å². The second-order valence-electron chi connectivity index (χ2n) is 5.24. The highest BCUT2D eigenvalue weighted by molar-refractivity contribution is 9.10. The SMILES string of the molecule is CC(C)(CNc1cccc(Br)c1C(N)=S)c1cccs1. The molecule has 0 radical (unpaired) electrons. The van der Waals surface area contributed by atoms with Gasteiger partial charge in [-0.3, -0.25) is 0 Å². The van der Waals surface area contributed by atoms with Gasteiger partial charge in [-0.1, -0.05) is 38.2 Å². The number of hydrogen-bond acceptors (Lipinski definition) is 3. The maximum atomic E-state index is 5.81. The van der Waals surface area contributed by atoms with E-state index in [-0.39, 0.29) is 5.41 Å². The van der Waals surface area contributed by atoms with Crippen molar-refractivity contribution < 1.29 is 0 Å². The summed E-state index contributed by atoms with van der Waals surface area (Å²) in [5.41, 5.74) is 7.71. The highest BCUT2D eigenvalue weighted by Gasteiger charge is 2.22. The molecular formula is C15H17BrN2S2. The van der Waals surface area contributed by atoms with E-state index in [2.05, 4.69) is 52.6 Å². The summed E-state index contributed by atoms with van der Waals surface area (Å²) in [7, 11) is 0. The van der Waals surface area contributed by atoms with Crippen LogP contribution in [-0.4, -0.2) is 11.5 Å². The predicted octanol–water partition coefficient (Wildman–Crippen LogP) is 4.53. The van der Waals surface area contributed by atoms with E-state index in [1.54, 1.807) is 11.3 Å². The van der Waals surface area contributed by atoms with E-state index in [0.29, 0.717) is 4.99 Å². The first-order chi connectivity index (χ1) is 9.42. The smallest absolute Gasteiger partial charge is 0.107 e. The number of halogens is 1. The maximum Gasteiger partial charge on any atom is 0.107 e. The van der Waals surface area contributed by atoms with Crippen LogP contribution in [0.15, 0.2) is 40.2 Å². The van der Waals surface area contributed by atoms with Gasteiger partial charge >= 0.3 is 0 Å². The molecular weight excluding hydrogens is 352 g/mol. The van der Waals surface area contributed by atoms with Crippen molar-refractivity contribution in [2.75, 3.05) is 11.9 Å². The van der Waals surface area contributed by atoms with Crippen LogP contribution < -0.4 is 11.1 Å². The molecule has 2 nitrogen and oxygen atoms in total. The first-order valence-electron chi connectivity index (χ1n) is 6.28. The van der Waals surface area contributed by atoms with Crippen molar-refractivity contribution in [2.24, 2.45) is 5.73 Å². The van der Waals surface area contributed by atoms with E-state index in [0.717, 1.165) is 22.3 Å². The largest absolute Gasteiger partial charge is 0.389 e. The Kier molecular flexibility index (Phi) is 4.83. The first-order valence-corrected chi connectivity index (χ1v) is 8.36. The van der Waals surface area contributed by atoms with Crippen molar-refractivity contribution in [1.82, 2.24) is 0 Å². The summed E-state index contributed by atoms with van der Waals surface area (Å²) >= 11 is 10.4. The average Bonchev–Trinajstić information content (AvgIpc) is 2.90. The minimum atomic E-state index is 0.0595. The van der Waals surface area contributed by atoms with Gasteiger partial charge in [0.2, 0.25) is 0 Å². The number of anilines is 1. The molecule has 2 rings (SSSR count). The molecule has 0 saturated heterocycles. The summed E-state index contributed by atoms with van der Waals surface area (Å²) < 4.78 is 0.920. The van der Waals surface area contributed by atoms with Gasteiger partial charge in [-0.15, -0.1) is 11.3 Å². The second-order valence-corrected chi connectivity index (χ2v) is 7.48. The Balaban J connectivity index is 2.20. The van der Waals surface area contributed by atoms with E-state index in [1.165, 1.54) is 4.88 Å². The minimum Gasteiger partial charge on any atom is -0.389 e. The fourth-order valence-corrected chi connectivity index (χ4v) is 3.77. The summed E-state index contributed by atoms with van der Waals surface area (Å²) in [6, 6.07) is 10.2. The van der Waals surface area contributed by atoms with Crippen molar-refractivity contribution in [3.63, 3.8) is 0 Å². The quantitative estimate of drug-likeness (QED) is 0.761. The Morgan fingerprint density at radius 2 is 2.10 bits per heavy atom. The number of nitrogens with one attached hydrogen (secondary N) is 1. The molecule has 0 saturated carbocycles. The molecule has 3 N–H and O–H groups in total. The molecule has 20 heavy (non-hydrogen) atoms. The standard InChI is InChI=1S/C15H17BrN2S2/c1-15(2,12-7-4-8-20-12)9-18-11-6-3-5-10(16)13(11)14(17)19/h3-8,18H,9H2,1-2H3,(H2,17,19). The van der Waals surface area contributed by atoms with Crippen molar-refractivity contribution in [3.05, 3.63) is 50.6 Å². The lowest BCUT2D eigenvalue weighted by atomic mass is 9.91. The molecule has 106 valence electrons. The molecule has 0 bridgehead atoms. The van der Waals surface area contributed by atoms with E-state index >= 15 is 0 Å². The maximum absolute atomic E-state index is 5.81. The number of benzene rings is 1. The molecule has 0 spiro atoms. The summed E-state index contributed by atoms with van der Waals surface area (Å²) in [5, 5.41) is 5.58. The number of hydrogen-bond donors (Lipinski definition) is 2. The van der Waals surface area contributed by atoms with Gasteiger partial charge in [0, 0.05) is 32.6 Å². The zero-order valence-electron chi connectivity index (χ0n) is 11.4. The number of nitrogens with two attached hydrogens (primary N) is 1. The van der Waals surface area contributed by atoms with Gasteiger partial charge in [-0.2, -0.15) is 0 Å². The fraction of sp³-hybridized carbons (Fsp3) is 0.267. The van der Waals surface area contributed by atoms with Gasteiger partial charge in [0.15, 0.2) is 0 Å². The molecule has 1 aromatic carbocycles. The summed E-state index contributed by atoms with van der Waals surface area (Å²) in [5.74, 6) is 0. The molecule has 1 aromatic heterocycles. The van der Waals surface area contributed by atoms with Gasteiger partial charge in [-0.25, -0.2) is 0 Å². The van der Waals surface area contributed by atoms with Gasteiger partial charge in [-0.05, 0) is 39.5 Å². The van der Waals surface area contributed by atoms with Crippen molar-refractivity contribution >= 4 is 50.2 Å². The third kappa shape index (κ3) is 3.40. The summed E-state index contributed by atoms with van der Waals surface area (Å²) in [6.45, 7) is 5.27. The lowest BCUT2D eigenvalue weighted by molar-refractivity contribution is 0.569. The van der Waals surface area contributed by atoms with Gasteiger partial charge in [0.1, 0.15) is 4.99 Å². The fourth-order valence-electron chi connectivity index (χ4n) is 1.99. The van der Waals surface area contributed by atoms with Gasteiger partial charge < -0.3 is 11.1 Å². The molecule has 1 heterocycles. The predicted molar refractivity (Wildman–Crippen MR) is 95.9 cm³/mol. The Bertz CT molecular complexity index is 606. The molecule has 0 fully saturated rings. The Hall–Kier alpha value is -0.910. The van der Waals surface area contributed by atoms with E-state index in [4.69, 9.17) is 18.0 Å². The average molecular weight is 369 g/mol. The molecule has 0 atom stereocenters. The minimum absolute atomic E-state index is 0.0595. The molecule has 5 heteroatoms.